The van der Waals surface area contributed by atoms with Gasteiger partial charge in [0.1, 0.15) is 39.6 Å². The molecule has 1 heterocycles. The lowest BCUT2D eigenvalue weighted by Gasteiger charge is -2.37. The van der Waals surface area contributed by atoms with E-state index in [4.69, 9.17) is 95.2 Å². The number of ether oxygens (including phenoxy) is 18. The Hall–Kier alpha value is -5.86. The number of benzene rings is 4. The van der Waals surface area contributed by atoms with Crippen LogP contribution in [0.3, 0.4) is 0 Å². The van der Waals surface area contributed by atoms with Crippen molar-refractivity contribution in [1.29, 1.82) is 0 Å². The molecule has 456 valence electrons. The van der Waals surface area contributed by atoms with Crippen molar-refractivity contribution >= 4 is 35.2 Å². The molecule has 0 saturated carbocycles. The highest BCUT2D eigenvalue weighted by molar-refractivity contribution is 5.89. The summed E-state index contributed by atoms with van der Waals surface area (Å²) >= 11 is 0. The molecule has 0 aliphatic carbocycles. The van der Waals surface area contributed by atoms with E-state index in [1.165, 1.54) is 0 Å². The van der Waals surface area contributed by atoms with Crippen molar-refractivity contribution in [2.24, 2.45) is 9.98 Å². The fourth-order valence-electron chi connectivity index (χ4n) is 7.83. The average molecular weight is 1150 g/mol. The summed E-state index contributed by atoms with van der Waals surface area (Å²) in [5.41, 5.74) is 5.21. The quantitative estimate of drug-likeness (QED) is 0.0332. The Morgan fingerprint density at radius 2 is 0.549 bits per heavy atom. The Morgan fingerprint density at radius 1 is 0.293 bits per heavy atom. The molecule has 0 atom stereocenters. The summed E-state index contributed by atoms with van der Waals surface area (Å²) in [5.74, 6) is 2.82. The van der Waals surface area contributed by atoms with E-state index >= 15 is 0 Å². The van der Waals surface area contributed by atoms with Crippen LogP contribution in [-0.2, 0) is 56.8 Å². The summed E-state index contributed by atoms with van der Waals surface area (Å²) < 4.78 is 102. The highest BCUT2D eigenvalue weighted by Crippen LogP contribution is 2.42. The Bertz CT molecular complexity index is 2160. The smallest absolute Gasteiger partial charge is 0.204 e. The van der Waals surface area contributed by atoms with E-state index < -0.39 is 0 Å². The van der Waals surface area contributed by atoms with Crippen LogP contribution < -0.4 is 38.2 Å². The molecule has 0 amide bonds. The van der Waals surface area contributed by atoms with E-state index in [-0.39, 0.29) is 26.4 Å². The van der Waals surface area contributed by atoms with Crippen LogP contribution in [0, 0.1) is 0 Å². The van der Waals surface area contributed by atoms with Gasteiger partial charge in [-0.2, -0.15) is 0 Å². The van der Waals surface area contributed by atoms with Gasteiger partial charge < -0.3 is 95.1 Å². The van der Waals surface area contributed by atoms with Gasteiger partial charge in [0.2, 0.25) is 11.5 Å². The van der Waals surface area contributed by atoms with Crippen LogP contribution in [0.5, 0.6) is 34.5 Å². The average Bonchev–Trinajstić information content (AvgIpc) is 3.57. The van der Waals surface area contributed by atoms with Crippen LogP contribution in [0.4, 0.5) is 22.7 Å². The van der Waals surface area contributed by atoms with Gasteiger partial charge in [-0.05, 0) is 72.8 Å². The minimum Gasteiger partial charge on any atom is -0.487 e. The van der Waals surface area contributed by atoms with E-state index in [1.807, 2.05) is 48.5 Å². The normalized spacial score (nSPS) is 12.7. The molecule has 1 aliphatic rings. The second-order valence-electron chi connectivity index (χ2n) is 17.9. The lowest BCUT2D eigenvalue weighted by molar-refractivity contribution is 0.0468. The minimum absolute atomic E-state index is 0.252. The van der Waals surface area contributed by atoms with Crippen molar-refractivity contribution in [3.8, 4) is 34.5 Å². The SMILES string of the molecule is COCCOCCOc1ccc(C=Nc2ccc(N3CCN(c4ccc(N=Cc5ccc(OCCOCCOC)c(OCCOCCOC)c5OCCOCCOC)cc4)CC3)cc2)c(OCCOCCOC)c1OCCOCCOC. The summed E-state index contributed by atoms with van der Waals surface area (Å²) in [6.07, 6.45) is 3.54. The van der Waals surface area contributed by atoms with Crippen LogP contribution in [0.1, 0.15) is 11.1 Å². The van der Waals surface area contributed by atoms with Gasteiger partial charge in [-0.15, -0.1) is 0 Å². The molecule has 0 N–H and O–H groups in total. The van der Waals surface area contributed by atoms with E-state index in [2.05, 4.69) is 34.1 Å². The van der Waals surface area contributed by atoms with Gasteiger partial charge >= 0.3 is 0 Å². The summed E-state index contributed by atoms with van der Waals surface area (Å²) in [5, 5.41) is 0. The predicted octanol–water partition coefficient (Wildman–Crippen LogP) is 6.77. The third-order valence-electron chi connectivity index (χ3n) is 12.1. The second-order valence-corrected chi connectivity index (χ2v) is 17.9. The molecule has 22 heteroatoms. The van der Waals surface area contributed by atoms with E-state index in [1.54, 1.807) is 55.1 Å². The third-order valence-corrected chi connectivity index (χ3v) is 12.1. The number of hydrogen-bond donors (Lipinski definition) is 0. The topological polar surface area (TPSA) is 197 Å². The van der Waals surface area contributed by atoms with Gasteiger partial charge in [-0.25, -0.2) is 0 Å². The summed E-state index contributed by atoms with van der Waals surface area (Å²) in [6.45, 7) is 12.7. The molecular weight excluding hydrogens is 1060 g/mol. The molecule has 4 aromatic carbocycles. The van der Waals surface area contributed by atoms with Crippen LogP contribution in [0.25, 0.3) is 0 Å². The van der Waals surface area contributed by atoms with E-state index in [9.17, 15) is 0 Å². The van der Waals surface area contributed by atoms with Gasteiger partial charge in [-0.1, -0.05) is 0 Å². The first-order valence-corrected chi connectivity index (χ1v) is 27.8. The molecule has 5 rings (SSSR count). The number of hydrogen-bond acceptors (Lipinski definition) is 22. The maximum atomic E-state index is 6.36. The number of aliphatic imine (C=N–C) groups is 2. The number of anilines is 2. The molecule has 1 fully saturated rings. The van der Waals surface area contributed by atoms with E-state index in [0.29, 0.717) is 178 Å². The summed E-state index contributed by atoms with van der Waals surface area (Å²) in [7, 11) is 9.81. The summed E-state index contributed by atoms with van der Waals surface area (Å²) in [6, 6.07) is 24.0. The predicted molar refractivity (Wildman–Crippen MR) is 314 cm³/mol. The lowest BCUT2D eigenvalue weighted by atomic mass is 10.1. The molecule has 0 bridgehead atoms. The Balaban J connectivity index is 1.24. The van der Waals surface area contributed by atoms with Gasteiger partial charge in [0.05, 0.1) is 130 Å². The molecule has 1 saturated heterocycles. The zero-order valence-electron chi connectivity index (χ0n) is 49.0. The molecule has 4 aromatic rings. The van der Waals surface area contributed by atoms with Crippen molar-refractivity contribution in [1.82, 2.24) is 0 Å². The monoisotopic (exact) mass is 1150 g/mol. The molecule has 0 spiro atoms. The van der Waals surface area contributed by atoms with Crippen LogP contribution >= 0.6 is 0 Å². The van der Waals surface area contributed by atoms with Gasteiger partial charge in [0.25, 0.3) is 0 Å². The number of nitrogens with zero attached hydrogens (tertiary/aromatic N) is 4. The largest absolute Gasteiger partial charge is 0.487 e. The van der Waals surface area contributed by atoms with Crippen LogP contribution in [0.15, 0.2) is 82.8 Å². The molecule has 0 aromatic heterocycles. The third kappa shape index (κ3) is 25.7. The van der Waals surface area contributed by atoms with Gasteiger partial charge in [0, 0.05) is 104 Å². The van der Waals surface area contributed by atoms with Crippen molar-refractivity contribution in [3.63, 3.8) is 0 Å². The van der Waals surface area contributed by atoms with Crippen molar-refractivity contribution < 1.29 is 85.3 Å². The first-order valence-electron chi connectivity index (χ1n) is 27.8. The molecule has 0 unspecified atom stereocenters. The van der Waals surface area contributed by atoms with Crippen molar-refractivity contribution in [2.75, 3.05) is 237 Å². The van der Waals surface area contributed by atoms with Gasteiger partial charge in [0.15, 0.2) is 23.0 Å². The maximum absolute atomic E-state index is 6.36. The fraction of sp³-hybridized carbons (Fsp3) is 0.567. The molecule has 82 heavy (non-hydrogen) atoms. The summed E-state index contributed by atoms with van der Waals surface area (Å²) in [4.78, 5) is 14.5. The maximum Gasteiger partial charge on any atom is 0.204 e. The van der Waals surface area contributed by atoms with Crippen LogP contribution in [-0.4, -0.2) is 240 Å². The first-order chi connectivity index (χ1) is 40.5. The Kier molecular flexibility index (Phi) is 35.0. The molecule has 0 radical (unpaired) electrons. The van der Waals surface area contributed by atoms with Gasteiger partial charge in [-0.3, -0.25) is 9.98 Å². The fourth-order valence-corrected chi connectivity index (χ4v) is 7.83. The molecular formula is C60H88N4O18. The lowest BCUT2D eigenvalue weighted by Crippen LogP contribution is -2.46. The standard InChI is InChI=1S/C60H88N4O18/c1-65-23-29-71-35-41-77-55-17-7-49(57(79-43-37-73-31-25-67-3)59(55)81-45-39-75-33-27-69-5)47-61-51-9-13-53(14-10-51)63-19-21-64(22-20-63)54-15-11-52(12-16-54)62-48-50-8-18-56(78-42-36-72-30-24-66-2)60(82-46-40-76-34-28-70-6)58(50)80-44-38-74-32-26-68-4/h7-18,47-48H,19-46H2,1-6H3. The zero-order chi connectivity index (χ0) is 57.9. The number of rotatable bonds is 48. The van der Waals surface area contributed by atoms with Crippen molar-refractivity contribution in [3.05, 3.63) is 83.9 Å². The number of methoxy groups -OCH3 is 6. The molecule has 22 nitrogen and oxygen atoms in total. The first kappa shape index (κ1) is 66.9. The number of piperazine rings is 1. The molecule has 1 aliphatic heterocycles. The highest BCUT2D eigenvalue weighted by Gasteiger charge is 2.21. The zero-order valence-corrected chi connectivity index (χ0v) is 49.0. The highest BCUT2D eigenvalue weighted by atomic mass is 16.6. The van der Waals surface area contributed by atoms with Crippen molar-refractivity contribution in [2.45, 2.75) is 0 Å². The van der Waals surface area contributed by atoms with E-state index in [0.717, 1.165) is 48.9 Å². The van der Waals surface area contributed by atoms with Crippen LogP contribution in [0.2, 0.25) is 0 Å². The second kappa shape index (κ2) is 42.9. The minimum atomic E-state index is 0.252. The Morgan fingerprint density at radius 3 is 0.829 bits per heavy atom. The Labute approximate surface area is 484 Å².